The van der Waals surface area contributed by atoms with E-state index in [-0.39, 0.29) is 30.8 Å². The summed E-state index contributed by atoms with van der Waals surface area (Å²) in [6, 6.07) is 15.8. The second kappa shape index (κ2) is 9.49. The van der Waals surface area contributed by atoms with Crippen molar-refractivity contribution in [1.29, 1.82) is 0 Å². The number of nitrogens with one attached hydrogen (secondary N) is 2. The maximum atomic E-state index is 12.8. The lowest BCUT2D eigenvalue weighted by molar-refractivity contribution is -0.139. The number of carbonyl (C=O) groups is 3. The van der Waals surface area contributed by atoms with Gasteiger partial charge in [0.15, 0.2) is 0 Å². The summed E-state index contributed by atoms with van der Waals surface area (Å²) in [4.78, 5) is 36.7. The predicted molar refractivity (Wildman–Crippen MR) is 128 cm³/mol. The van der Waals surface area contributed by atoms with Crippen molar-refractivity contribution in [2.24, 2.45) is 11.8 Å². The SMILES string of the molecule is CC(NC(=O)OCC1c2ccccc2-c2ccccc21)C(C)C(=O)NC(C)(CC(=O)O)C1CC1. The fourth-order valence-electron chi connectivity index (χ4n) is 4.90. The number of carboxylic acids is 1. The lowest BCUT2D eigenvalue weighted by Crippen LogP contribution is -2.53. The highest BCUT2D eigenvalue weighted by Crippen LogP contribution is 2.44. The Bertz CT molecular complexity index is 1050. The van der Waals surface area contributed by atoms with Gasteiger partial charge in [0, 0.05) is 12.0 Å². The number of benzene rings is 2. The van der Waals surface area contributed by atoms with E-state index in [0.29, 0.717) is 0 Å². The van der Waals surface area contributed by atoms with Crippen LogP contribution in [0.4, 0.5) is 4.79 Å². The van der Waals surface area contributed by atoms with Gasteiger partial charge in [-0.2, -0.15) is 0 Å². The minimum Gasteiger partial charge on any atom is -0.481 e. The Morgan fingerprint density at radius 1 is 1.03 bits per heavy atom. The van der Waals surface area contributed by atoms with Crippen LogP contribution in [0, 0.1) is 11.8 Å². The standard InChI is InChI=1S/C27H32N2O5/c1-16(25(32)29-27(3,14-24(30)31)18-12-13-18)17(2)28-26(33)34-15-23-21-10-6-4-8-19(21)20-9-5-7-11-22(20)23/h4-11,16-18,23H,12-15H2,1-3H3,(H,28,33)(H,29,32)(H,30,31). The maximum Gasteiger partial charge on any atom is 0.407 e. The van der Waals surface area contributed by atoms with Crippen molar-refractivity contribution < 1.29 is 24.2 Å². The quantitative estimate of drug-likeness (QED) is 0.513. The van der Waals surface area contributed by atoms with E-state index in [4.69, 9.17) is 4.74 Å². The second-order valence-corrected chi connectivity index (χ2v) is 9.80. The van der Waals surface area contributed by atoms with Crippen LogP contribution in [-0.4, -0.2) is 41.3 Å². The lowest BCUT2D eigenvalue weighted by Gasteiger charge is -2.32. The summed E-state index contributed by atoms with van der Waals surface area (Å²) >= 11 is 0. The molecule has 0 aliphatic heterocycles. The monoisotopic (exact) mass is 464 g/mol. The first-order chi connectivity index (χ1) is 16.2. The van der Waals surface area contributed by atoms with Crippen molar-refractivity contribution in [2.75, 3.05) is 6.61 Å². The zero-order valence-corrected chi connectivity index (χ0v) is 19.8. The fraction of sp³-hybridized carbons (Fsp3) is 0.444. The van der Waals surface area contributed by atoms with Crippen molar-refractivity contribution >= 4 is 18.0 Å². The molecule has 7 heteroatoms. The fourth-order valence-corrected chi connectivity index (χ4v) is 4.90. The normalized spacial score (nSPS) is 18.1. The number of hydrogen-bond donors (Lipinski definition) is 3. The summed E-state index contributed by atoms with van der Waals surface area (Å²) in [5.74, 6) is -1.63. The third-order valence-electron chi connectivity index (χ3n) is 7.26. The molecule has 3 N–H and O–H groups in total. The van der Waals surface area contributed by atoms with E-state index >= 15 is 0 Å². The van der Waals surface area contributed by atoms with Crippen LogP contribution in [0.1, 0.15) is 57.1 Å². The Balaban J connectivity index is 1.33. The molecule has 1 fully saturated rings. The zero-order chi connectivity index (χ0) is 24.5. The summed E-state index contributed by atoms with van der Waals surface area (Å²) in [6.07, 6.45) is 1.12. The van der Waals surface area contributed by atoms with Crippen molar-refractivity contribution in [3.8, 4) is 11.1 Å². The molecule has 2 aliphatic rings. The third kappa shape index (κ3) is 4.93. The molecule has 2 aliphatic carbocycles. The Kier molecular flexibility index (Phi) is 6.64. The third-order valence-corrected chi connectivity index (χ3v) is 7.26. The first-order valence-corrected chi connectivity index (χ1v) is 11.8. The van der Waals surface area contributed by atoms with Crippen LogP contribution in [0.5, 0.6) is 0 Å². The van der Waals surface area contributed by atoms with Crippen molar-refractivity contribution in [3.05, 3.63) is 59.7 Å². The predicted octanol–water partition coefficient (Wildman–Crippen LogP) is 4.31. The van der Waals surface area contributed by atoms with Crippen molar-refractivity contribution in [2.45, 2.75) is 57.5 Å². The van der Waals surface area contributed by atoms with Gasteiger partial charge >= 0.3 is 12.1 Å². The van der Waals surface area contributed by atoms with Gasteiger partial charge < -0.3 is 20.5 Å². The van der Waals surface area contributed by atoms with Crippen LogP contribution in [0.2, 0.25) is 0 Å². The minimum atomic E-state index is -0.938. The van der Waals surface area contributed by atoms with Crippen LogP contribution < -0.4 is 10.6 Å². The van der Waals surface area contributed by atoms with Gasteiger partial charge in [-0.15, -0.1) is 0 Å². The molecule has 0 saturated heterocycles. The molecule has 2 aromatic carbocycles. The summed E-state index contributed by atoms with van der Waals surface area (Å²) in [5.41, 5.74) is 3.81. The van der Waals surface area contributed by atoms with Crippen molar-refractivity contribution in [1.82, 2.24) is 10.6 Å². The molecule has 1 saturated carbocycles. The molecule has 34 heavy (non-hydrogen) atoms. The lowest BCUT2D eigenvalue weighted by atomic mass is 9.90. The summed E-state index contributed by atoms with van der Waals surface area (Å²) in [5, 5.41) is 14.9. The molecule has 7 nitrogen and oxygen atoms in total. The number of ether oxygens (including phenoxy) is 1. The van der Waals surface area contributed by atoms with E-state index in [1.54, 1.807) is 20.8 Å². The van der Waals surface area contributed by atoms with Gasteiger partial charge in [0.25, 0.3) is 0 Å². The number of aliphatic carboxylic acids is 1. The van der Waals surface area contributed by atoms with Gasteiger partial charge in [-0.25, -0.2) is 4.79 Å². The van der Waals surface area contributed by atoms with E-state index in [1.165, 1.54) is 0 Å². The molecule has 2 amide bonds. The molecule has 0 spiro atoms. The molecule has 0 aromatic heterocycles. The number of rotatable bonds is 9. The van der Waals surface area contributed by atoms with E-state index in [2.05, 4.69) is 34.9 Å². The zero-order valence-electron chi connectivity index (χ0n) is 19.8. The van der Waals surface area contributed by atoms with Crippen LogP contribution >= 0.6 is 0 Å². The first-order valence-electron chi connectivity index (χ1n) is 11.8. The van der Waals surface area contributed by atoms with Gasteiger partial charge in [0.1, 0.15) is 6.61 Å². The Morgan fingerprint density at radius 2 is 1.59 bits per heavy atom. The van der Waals surface area contributed by atoms with Gasteiger partial charge in [-0.05, 0) is 54.9 Å². The Labute approximate surface area is 199 Å². The Hall–Kier alpha value is -3.35. The van der Waals surface area contributed by atoms with E-state index in [0.717, 1.165) is 35.1 Å². The van der Waals surface area contributed by atoms with E-state index in [9.17, 15) is 19.5 Å². The molecule has 2 aromatic rings. The van der Waals surface area contributed by atoms with Crippen molar-refractivity contribution in [3.63, 3.8) is 0 Å². The smallest absolute Gasteiger partial charge is 0.407 e. The number of hydrogen-bond acceptors (Lipinski definition) is 4. The highest BCUT2D eigenvalue weighted by Gasteiger charge is 2.44. The first kappa shape index (κ1) is 23.8. The molecule has 180 valence electrons. The molecule has 0 bridgehead atoms. The number of carboxylic acid groups (broad SMARTS) is 1. The van der Waals surface area contributed by atoms with Crippen LogP contribution in [0.3, 0.4) is 0 Å². The van der Waals surface area contributed by atoms with Crippen LogP contribution in [0.25, 0.3) is 11.1 Å². The maximum absolute atomic E-state index is 12.8. The highest BCUT2D eigenvalue weighted by molar-refractivity contribution is 5.82. The molecular weight excluding hydrogens is 432 g/mol. The number of amides is 2. The topological polar surface area (TPSA) is 105 Å². The van der Waals surface area contributed by atoms with Gasteiger partial charge in [0.2, 0.25) is 5.91 Å². The molecular formula is C27H32N2O5. The van der Waals surface area contributed by atoms with Gasteiger partial charge in [-0.1, -0.05) is 55.5 Å². The Morgan fingerprint density at radius 3 is 2.12 bits per heavy atom. The minimum absolute atomic E-state index is 0.0375. The number of carbonyl (C=O) groups excluding carboxylic acids is 2. The molecule has 3 unspecified atom stereocenters. The number of alkyl carbamates (subject to hydrolysis) is 1. The highest BCUT2D eigenvalue weighted by atomic mass is 16.5. The van der Waals surface area contributed by atoms with Gasteiger partial charge in [-0.3, -0.25) is 9.59 Å². The average molecular weight is 465 g/mol. The molecule has 0 radical (unpaired) electrons. The molecule has 4 rings (SSSR count). The van der Waals surface area contributed by atoms with E-state index in [1.807, 2.05) is 24.3 Å². The number of fused-ring (bicyclic) bond motifs is 3. The largest absolute Gasteiger partial charge is 0.481 e. The second-order valence-electron chi connectivity index (χ2n) is 9.80. The molecule has 0 heterocycles. The van der Waals surface area contributed by atoms with Crippen LogP contribution in [0.15, 0.2) is 48.5 Å². The molecule has 3 atom stereocenters. The van der Waals surface area contributed by atoms with E-state index < -0.39 is 29.6 Å². The van der Waals surface area contributed by atoms with Crippen LogP contribution in [-0.2, 0) is 14.3 Å². The average Bonchev–Trinajstić information content (AvgIpc) is 3.61. The summed E-state index contributed by atoms with van der Waals surface area (Å²) in [6.45, 7) is 5.45. The summed E-state index contributed by atoms with van der Waals surface area (Å²) < 4.78 is 5.58. The summed E-state index contributed by atoms with van der Waals surface area (Å²) in [7, 11) is 0. The van der Waals surface area contributed by atoms with Gasteiger partial charge in [0.05, 0.1) is 17.9 Å².